The van der Waals surface area contributed by atoms with Crippen molar-refractivity contribution in [1.29, 1.82) is 5.26 Å². The van der Waals surface area contributed by atoms with E-state index >= 15 is 0 Å². The molecule has 1 aromatic heterocycles. The third-order valence-electron chi connectivity index (χ3n) is 3.32. The van der Waals surface area contributed by atoms with E-state index in [0.717, 1.165) is 17.8 Å². The predicted molar refractivity (Wildman–Crippen MR) is 90.8 cm³/mol. The number of aryl methyl sites for hydroxylation is 1. The summed E-state index contributed by atoms with van der Waals surface area (Å²) in [5.74, 6) is -0.702. The van der Waals surface area contributed by atoms with Gasteiger partial charge in [-0.25, -0.2) is 13.8 Å². The summed E-state index contributed by atoms with van der Waals surface area (Å²) in [6.07, 6.45) is 0. The lowest BCUT2D eigenvalue weighted by Crippen LogP contribution is -2.03. The second-order valence-corrected chi connectivity index (χ2v) is 5.28. The van der Waals surface area contributed by atoms with Crippen LogP contribution in [0.15, 0.2) is 48.5 Å². The fourth-order valence-corrected chi connectivity index (χ4v) is 2.18. The van der Waals surface area contributed by atoms with Crippen molar-refractivity contribution in [3.63, 3.8) is 0 Å². The first-order valence-electron chi connectivity index (χ1n) is 7.38. The van der Waals surface area contributed by atoms with E-state index in [1.165, 1.54) is 6.07 Å². The highest BCUT2D eigenvalue weighted by molar-refractivity contribution is 5.61. The van der Waals surface area contributed by atoms with Gasteiger partial charge in [-0.3, -0.25) is 0 Å². The van der Waals surface area contributed by atoms with Crippen molar-refractivity contribution < 1.29 is 8.78 Å². The zero-order valence-corrected chi connectivity index (χ0v) is 13.2. The van der Waals surface area contributed by atoms with Crippen LogP contribution in [0.4, 0.5) is 31.9 Å². The van der Waals surface area contributed by atoms with Gasteiger partial charge in [-0.1, -0.05) is 0 Å². The maximum Gasteiger partial charge on any atom is 0.229 e. The molecule has 0 aliphatic rings. The summed E-state index contributed by atoms with van der Waals surface area (Å²) in [7, 11) is 0. The van der Waals surface area contributed by atoms with Crippen LogP contribution in [-0.4, -0.2) is 9.97 Å². The minimum absolute atomic E-state index is 0.0799. The Morgan fingerprint density at radius 1 is 0.960 bits per heavy atom. The normalized spacial score (nSPS) is 10.2. The molecule has 0 unspecified atom stereocenters. The van der Waals surface area contributed by atoms with Crippen molar-refractivity contribution in [3.8, 4) is 6.07 Å². The van der Waals surface area contributed by atoms with Crippen molar-refractivity contribution in [2.45, 2.75) is 6.92 Å². The highest BCUT2D eigenvalue weighted by Gasteiger charge is 2.08. The van der Waals surface area contributed by atoms with Gasteiger partial charge in [0.25, 0.3) is 0 Å². The Bertz CT molecular complexity index is 949. The highest BCUT2D eigenvalue weighted by Crippen LogP contribution is 2.21. The summed E-state index contributed by atoms with van der Waals surface area (Å²) in [5, 5.41) is 14.6. The maximum absolute atomic E-state index is 13.8. The van der Waals surface area contributed by atoms with Gasteiger partial charge in [-0.05, 0) is 43.3 Å². The van der Waals surface area contributed by atoms with Crippen molar-refractivity contribution in [2.24, 2.45) is 0 Å². The number of aromatic nitrogens is 2. The first kappa shape index (κ1) is 16.3. The Morgan fingerprint density at radius 3 is 2.40 bits per heavy atom. The SMILES string of the molecule is Cc1cc(Nc2ccc(C#N)cc2)nc(Nc2ccc(F)cc2F)n1. The van der Waals surface area contributed by atoms with E-state index in [9.17, 15) is 8.78 Å². The molecule has 0 saturated heterocycles. The van der Waals surface area contributed by atoms with E-state index in [-0.39, 0.29) is 11.6 Å². The molecule has 3 aromatic rings. The monoisotopic (exact) mass is 337 g/mol. The van der Waals surface area contributed by atoms with Crippen molar-refractivity contribution in [2.75, 3.05) is 10.6 Å². The summed E-state index contributed by atoms with van der Waals surface area (Å²) >= 11 is 0. The number of rotatable bonds is 4. The minimum atomic E-state index is -0.730. The standard InChI is InChI=1S/C18H13F2N5/c1-11-8-17(23-14-5-2-12(10-21)3-6-14)25-18(22-11)24-16-7-4-13(19)9-15(16)20/h2-9H,1H3,(H2,22,23,24,25). The molecular formula is C18H13F2N5. The molecule has 0 saturated carbocycles. The van der Waals surface area contributed by atoms with Crippen LogP contribution in [0.3, 0.4) is 0 Å². The molecule has 5 nitrogen and oxygen atoms in total. The van der Waals surface area contributed by atoms with Crippen LogP contribution in [0, 0.1) is 29.9 Å². The second-order valence-electron chi connectivity index (χ2n) is 5.28. The Labute approximate surface area is 143 Å². The number of anilines is 4. The molecule has 1 heterocycles. The van der Waals surface area contributed by atoms with Crippen LogP contribution in [0.5, 0.6) is 0 Å². The molecule has 0 fully saturated rings. The molecule has 0 spiro atoms. The zero-order chi connectivity index (χ0) is 17.8. The number of nitrogens with one attached hydrogen (secondary N) is 2. The third-order valence-corrected chi connectivity index (χ3v) is 3.32. The van der Waals surface area contributed by atoms with E-state index in [2.05, 4.69) is 20.6 Å². The van der Waals surface area contributed by atoms with Crippen molar-refractivity contribution in [1.82, 2.24) is 9.97 Å². The Kier molecular flexibility index (Phi) is 4.53. The van der Waals surface area contributed by atoms with Crippen LogP contribution in [-0.2, 0) is 0 Å². The molecule has 2 aromatic carbocycles. The fraction of sp³-hybridized carbons (Fsp3) is 0.0556. The highest BCUT2D eigenvalue weighted by atomic mass is 19.1. The van der Waals surface area contributed by atoms with Gasteiger partial charge in [0.05, 0.1) is 17.3 Å². The van der Waals surface area contributed by atoms with Crippen molar-refractivity contribution >= 4 is 23.1 Å². The van der Waals surface area contributed by atoms with E-state index in [0.29, 0.717) is 17.1 Å². The van der Waals surface area contributed by atoms with E-state index < -0.39 is 11.6 Å². The molecular weight excluding hydrogens is 324 g/mol. The van der Waals surface area contributed by atoms with Crippen molar-refractivity contribution in [3.05, 3.63) is 71.4 Å². The van der Waals surface area contributed by atoms with Gasteiger partial charge in [-0.2, -0.15) is 10.2 Å². The Morgan fingerprint density at radius 2 is 1.72 bits per heavy atom. The lowest BCUT2D eigenvalue weighted by atomic mass is 10.2. The largest absolute Gasteiger partial charge is 0.340 e. The quantitative estimate of drug-likeness (QED) is 0.737. The van der Waals surface area contributed by atoms with E-state index in [1.54, 1.807) is 37.3 Å². The molecule has 3 rings (SSSR count). The molecule has 124 valence electrons. The van der Waals surface area contributed by atoms with E-state index in [4.69, 9.17) is 5.26 Å². The average Bonchev–Trinajstić information content (AvgIpc) is 2.58. The first-order chi connectivity index (χ1) is 12.0. The maximum atomic E-state index is 13.8. The first-order valence-corrected chi connectivity index (χ1v) is 7.38. The Hall–Kier alpha value is -3.53. The molecule has 7 heteroatoms. The van der Waals surface area contributed by atoms with Crippen LogP contribution >= 0.6 is 0 Å². The molecule has 0 aliphatic heterocycles. The lowest BCUT2D eigenvalue weighted by Gasteiger charge is -2.10. The van der Waals surface area contributed by atoms with E-state index in [1.807, 2.05) is 6.07 Å². The molecule has 0 atom stereocenters. The number of hydrogen-bond donors (Lipinski definition) is 2. The average molecular weight is 337 g/mol. The molecule has 0 bridgehead atoms. The molecule has 0 aliphatic carbocycles. The number of hydrogen-bond acceptors (Lipinski definition) is 5. The van der Waals surface area contributed by atoms with Gasteiger partial charge in [0.2, 0.25) is 5.95 Å². The topological polar surface area (TPSA) is 73.6 Å². The number of nitriles is 1. The Balaban J connectivity index is 1.83. The van der Waals surface area contributed by atoms with Gasteiger partial charge in [0.15, 0.2) is 0 Å². The molecule has 0 amide bonds. The van der Waals surface area contributed by atoms with Gasteiger partial charge < -0.3 is 10.6 Å². The molecule has 2 N–H and O–H groups in total. The third kappa shape index (κ3) is 4.06. The lowest BCUT2D eigenvalue weighted by molar-refractivity contribution is 0.586. The van der Waals surface area contributed by atoms with Gasteiger partial charge in [-0.15, -0.1) is 0 Å². The molecule has 0 radical (unpaired) electrons. The number of nitrogens with zero attached hydrogens (tertiary/aromatic N) is 3. The van der Waals surface area contributed by atoms with Gasteiger partial charge >= 0.3 is 0 Å². The minimum Gasteiger partial charge on any atom is -0.340 e. The number of benzene rings is 2. The predicted octanol–water partition coefficient (Wildman–Crippen LogP) is 4.42. The summed E-state index contributed by atoms with van der Waals surface area (Å²) in [6, 6.07) is 13.9. The van der Waals surface area contributed by atoms with Crippen LogP contribution in [0.1, 0.15) is 11.3 Å². The fourth-order valence-electron chi connectivity index (χ4n) is 2.18. The summed E-state index contributed by atoms with van der Waals surface area (Å²) < 4.78 is 26.7. The van der Waals surface area contributed by atoms with Crippen LogP contribution < -0.4 is 10.6 Å². The van der Waals surface area contributed by atoms with Gasteiger partial charge in [0.1, 0.15) is 17.5 Å². The smallest absolute Gasteiger partial charge is 0.229 e. The number of halogens is 2. The summed E-state index contributed by atoms with van der Waals surface area (Å²) in [5.41, 5.74) is 2.04. The zero-order valence-electron chi connectivity index (χ0n) is 13.2. The van der Waals surface area contributed by atoms with Crippen LogP contribution in [0.2, 0.25) is 0 Å². The summed E-state index contributed by atoms with van der Waals surface area (Å²) in [6.45, 7) is 1.78. The molecule has 25 heavy (non-hydrogen) atoms. The van der Waals surface area contributed by atoms with Gasteiger partial charge in [0, 0.05) is 23.5 Å². The second kappa shape index (κ2) is 6.93. The summed E-state index contributed by atoms with van der Waals surface area (Å²) in [4.78, 5) is 8.47. The van der Waals surface area contributed by atoms with Crippen LogP contribution in [0.25, 0.3) is 0 Å².